The smallest absolute Gasteiger partial charge is 0.330 e. The van der Waals surface area contributed by atoms with Crippen molar-refractivity contribution in [3.05, 3.63) is 34.9 Å². The van der Waals surface area contributed by atoms with Crippen molar-refractivity contribution in [3.8, 4) is 0 Å². The fourth-order valence-corrected chi connectivity index (χ4v) is 3.33. The highest BCUT2D eigenvalue weighted by Crippen LogP contribution is 2.52. The number of epoxide rings is 1. The van der Waals surface area contributed by atoms with Crippen molar-refractivity contribution in [1.82, 2.24) is 0 Å². The van der Waals surface area contributed by atoms with Crippen LogP contribution in [0.5, 0.6) is 0 Å². The van der Waals surface area contributed by atoms with Crippen molar-refractivity contribution in [3.63, 3.8) is 0 Å². The number of fused-ring (bicyclic) bond motifs is 1. The molecule has 6 nitrogen and oxygen atoms in total. The van der Waals surface area contributed by atoms with Crippen LogP contribution in [0.15, 0.2) is 34.9 Å². The van der Waals surface area contributed by atoms with Crippen LogP contribution in [0.2, 0.25) is 0 Å². The van der Waals surface area contributed by atoms with Gasteiger partial charge in [-0.05, 0) is 30.9 Å². The molecule has 0 bridgehead atoms. The van der Waals surface area contributed by atoms with Gasteiger partial charge in [0, 0.05) is 12.0 Å². The van der Waals surface area contributed by atoms with E-state index < -0.39 is 29.9 Å². The minimum absolute atomic E-state index is 0.166. The number of aliphatic hydroxyl groups excluding tert-OH is 3. The summed E-state index contributed by atoms with van der Waals surface area (Å²) in [7, 11) is 0. The molecule has 0 amide bonds. The highest BCUT2D eigenvalue weighted by Gasteiger charge is 2.67. The number of carbonyl (C=O) groups is 1. The molecular formula is C19H28O6. The van der Waals surface area contributed by atoms with Crippen LogP contribution in [-0.2, 0) is 9.53 Å². The molecule has 4 atom stereocenters. The number of carboxylic acids is 1. The Balaban J connectivity index is 2.19. The van der Waals surface area contributed by atoms with Gasteiger partial charge in [0.05, 0.1) is 6.61 Å². The van der Waals surface area contributed by atoms with Gasteiger partial charge < -0.3 is 25.2 Å². The number of unbranched alkanes of at least 4 members (excludes halogenated alkanes) is 3. The molecule has 6 heteroatoms. The van der Waals surface area contributed by atoms with E-state index in [4.69, 9.17) is 9.84 Å². The van der Waals surface area contributed by atoms with Gasteiger partial charge in [0.1, 0.15) is 23.9 Å². The molecular weight excluding hydrogens is 324 g/mol. The van der Waals surface area contributed by atoms with Crippen LogP contribution in [0, 0.1) is 0 Å². The quantitative estimate of drug-likeness (QED) is 0.286. The number of carboxylic acid groups (broad SMARTS) is 1. The molecule has 0 aromatic carbocycles. The lowest BCUT2D eigenvalue weighted by molar-refractivity contribution is -0.132. The number of hydrogen-bond donors (Lipinski definition) is 4. The van der Waals surface area contributed by atoms with E-state index in [1.54, 1.807) is 6.08 Å². The van der Waals surface area contributed by atoms with Crippen molar-refractivity contribution >= 4 is 5.97 Å². The van der Waals surface area contributed by atoms with Gasteiger partial charge >= 0.3 is 5.97 Å². The topological polar surface area (TPSA) is 111 Å². The number of rotatable bonds is 9. The summed E-state index contributed by atoms with van der Waals surface area (Å²) in [6, 6.07) is 0. The van der Waals surface area contributed by atoms with Gasteiger partial charge in [0.15, 0.2) is 0 Å². The Morgan fingerprint density at radius 3 is 2.64 bits per heavy atom. The number of aliphatic hydroxyl groups is 3. The molecule has 140 valence electrons. The van der Waals surface area contributed by atoms with Crippen LogP contribution in [0.25, 0.3) is 0 Å². The van der Waals surface area contributed by atoms with Crippen LogP contribution < -0.4 is 0 Å². The summed E-state index contributed by atoms with van der Waals surface area (Å²) in [6.07, 6.45) is 6.89. The number of ether oxygens (including phenoxy) is 1. The first kappa shape index (κ1) is 19.8. The molecule has 0 saturated carbocycles. The van der Waals surface area contributed by atoms with Crippen molar-refractivity contribution in [2.45, 2.75) is 69.9 Å². The second-order valence-electron chi connectivity index (χ2n) is 6.77. The number of hydrogen-bond acceptors (Lipinski definition) is 5. The fourth-order valence-electron chi connectivity index (χ4n) is 3.33. The van der Waals surface area contributed by atoms with Crippen molar-refractivity contribution in [1.29, 1.82) is 0 Å². The van der Waals surface area contributed by atoms with E-state index in [9.17, 15) is 20.1 Å². The largest absolute Gasteiger partial charge is 0.478 e. The first-order valence-electron chi connectivity index (χ1n) is 8.83. The zero-order chi connectivity index (χ0) is 18.6. The van der Waals surface area contributed by atoms with E-state index in [1.807, 2.05) is 6.08 Å². The zero-order valence-electron chi connectivity index (χ0n) is 14.8. The molecule has 1 heterocycles. The molecule has 0 unspecified atom stereocenters. The molecule has 1 fully saturated rings. The van der Waals surface area contributed by atoms with Crippen LogP contribution in [-0.4, -0.2) is 56.9 Å². The van der Waals surface area contributed by atoms with Crippen LogP contribution in [0.1, 0.15) is 46.0 Å². The predicted octanol–water partition coefficient (Wildman–Crippen LogP) is 1.71. The SMILES string of the molecule is CCCCC/C=C/C1=C(CO)[C@H](O)[C@H]2O[C@@]2(C/C=C(\C)C(=O)O)[C@@H]1O. The van der Waals surface area contributed by atoms with Crippen LogP contribution in [0.3, 0.4) is 0 Å². The summed E-state index contributed by atoms with van der Waals surface area (Å²) in [4.78, 5) is 11.0. The maximum atomic E-state index is 11.0. The van der Waals surface area contributed by atoms with Crippen molar-refractivity contribution in [2.75, 3.05) is 6.61 Å². The Hall–Kier alpha value is -1.47. The molecule has 0 spiro atoms. The summed E-state index contributed by atoms with van der Waals surface area (Å²) >= 11 is 0. The zero-order valence-corrected chi connectivity index (χ0v) is 14.8. The third-order valence-electron chi connectivity index (χ3n) is 5.05. The molecule has 25 heavy (non-hydrogen) atoms. The normalized spacial score (nSPS) is 32.2. The van der Waals surface area contributed by atoms with Gasteiger partial charge in [-0.1, -0.05) is 38.0 Å². The molecule has 2 aliphatic rings. The van der Waals surface area contributed by atoms with E-state index >= 15 is 0 Å². The molecule has 0 aromatic rings. The Bertz CT molecular complexity index is 591. The van der Waals surface area contributed by atoms with E-state index in [2.05, 4.69) is 6.92 Å². The average molecular weight is 352 g/mol. The van der Waals surface area contributed by atoms with E-state index in [0.717, 1.165) is 25.7 Å². The second kappa shape index (κ2) is 8.27. The van der Waals surface area contributed by atoms with Crippen molar-refractivity contribution in [2.24, 2.45) is 0 Å². The highest BCUT2D eigenvalue weighted by molar-refractivity contribution is 5.85. The molecule has 1 saturated heterocycles. The Labute approximate surface area is 148 Å². The van der Waals surface area contributed by atoms with Gasteiger partial charge in [-0.25, -0.2) is 4.79 Å². The average Bonchev–Trinajstić information content (AvgIpc) is 3.33. The fraction of sp³-hybridized carbons (Fsp3) is 0.632. The molecule has 4 N–H and O–H groups in total. The molecule has 0 aromatic heterocycles. The van der Waals surface area contributed by atoms with E-state index in [0.29, 0.717) is 11.1 Å². The Morgan fingerprint density at radius 2 is 2.04 bits per heavy atom. The summed E-state index contributed by atoms with van der Waals surface area (Å²) in [5.74, 6) is -1.03. The van der Waals surface area contributed by atoms with Gasteiger partial charge in [-0.3, -0.25) is 0 Å². The summed E-state index contributed by atoms with van der Waals surface area (Å²) < 4.78 is 5.60. The number of aliphatic carboxylic acids is 1. The molecule has 1 aliphatic heterocycles. The molecule has 2 rings (SSSR count). The standard InChI is InChI=1S/C19H28O6/c1-3-4-5-6-7-8-13-14(11-20)15(21)17-19(25-17,16(13)22)10-9-12(2)18(23)24/h7-9,15-17,20-22H,3-6,10-11H2,1-2H3,(H,23,24)/b8-7+,12-9+/t15-,16+,17+,19-/m0/s1. The van der Waals surface area contributed by atoms with Gasteiger partial charge in [0.2, 0.25) is 0 Å². The lowest BCUT2D eigenvalue weighted by Gasteiger charge is -2.29. The summed E-state index contributed by atoms with van der Waals surface area (Å²) in [5, 5.41) is 39.8. The molecule has 0 radical (unpaired) electrons. The lowest BCUT2D eigenvalue weighted by Crippen LogP contribution is -2.43. The summed E-state index contributed by atoms with van der Waals surface area (Å²) in [6.45, 7) is 3.25. The van der Waals surface area contributed by atoms with E-state index in [1.165, 1.54) is 13.0 Å². The van der Waals surface area contributed by atoms with E-state index in [-0.39, 0.29) is 18.6 Å². The minimum Gasteiger partial charge on any atom is -0.478 e. The third kappa shape index (κ3) is 4.03. The third-order valence-corrected chi connectivity index (χ3v) is 5.05. The molecule has 1 aliphatic carbocycles. The highest BCUT2D eigenvalue weighted by atomic mass is 16.6. The van der Waals surface area contributed by atoms with Crippen molar-refractivity contribution < 1.29 is 30.0 Å². The predicted molar refractivity (Wildman–Crippen MR) is 93.0 cm³/mol. The summed E-state index contributed by atoms with van der Waals surface area (Å²) in [5.41, 5.74) is -0.00502. The monoisotopic (exact) mass is 352 g/mol. The number of allylic oxidation sites excluding steroid dienone is 1. The Morgan fingerprint density at radius 1 is 1.32 bits per heavy atom. The Kier molecular flexibility index (Phi) is 6.57. The van der Waals surface area contributed by atoms with Crippen LogP contribution in [0.4, 0.5) is 0 Å². The first-order valence-corrected chi connectivity index (χ1v) is 8.83. The maximum absolute atomic E-state index is 11.0. The minimum atomic E-state index is -1.03. The first-order chi connectivity index (χ1) is 11.9. The lowest BCUT2D eigenvalue weighted by atomic mass is 9.77. The van der Waals surface area contributed by atoms with Gasteiger partial charge in [0.25, 0.3) is 0 Å². The van der Waals surface area contributed by atoms with Gasteiger partial charge in [-0.2, -0.15) is 0 Å². The van der Waals surface area contributed by atoms with Gasteiger partial charge in [-0.15, -0.1) is 0 Å². The second-order valence-corrected chi connectivity index (χ2v) is 6.77. The van der Waals surface area contributed by atoms with Crippen LogP contribution >= 0.6 is 0 Å². The maximum Gasteiger partial charge on any atom is 0.330 e.